The zero-order valence-electron chi connectivity index (χ0n) is 11.1. The van der Waals surface area contributed by atoms with E-state index in [2.05, 4.69) is 12.2 Å². The SMILES string of the molecule is CCCOc1cccc(NC2CC(OC)C2)c1N. The molecule has 3 N–H and O–H groups in total. The third-order valence-corrected chi connectivity index (χ3v) is 3.32. The first kappa shape index (κ1) is 13.0. The van der Waals surface area contributed by atoms with Crippen LogP contribution in [-0.2, 0) is 4.74 Å². The fourth-order valence-electron chi connectivity index (χ4n) is 2.10. The van der Waals surface area contributed by atoms with Crippen LogP contribution < -0.4 is 15.8 Å². The largest absolute Gasteiger partial charge is 0.491 e. The van der Waals surface area contributed by atoms with Crippen LogP contribution in [0.5, 0.6) is 5.75 Å². The number of nitrogens with one attached hydrogen (secondary N) is 1. The van der Waals surface area contributed by atoms with Gasteiger partial charge in [-0.3, -0.25) is 0 Å². The van der Waals surface area contributed by atoms with Gasteiger partial charge in [-0.15, -0.1) is 0 Å². The summed E-state index contributed by atoms with van der Waals surface area (Å²) in [6.45, 7) is 2.78. The van der Waals surface area contributed by atoms with E-state index in [1.54, 1.807) is 7.11 Å². The molecule has 0 saturated heterocycles. The summed E-state index contributed by atoms with van der Waals surface area (Å²) in [5, 5.41) is 3.44. The second-order valence-electron chi connectivity index (χ2n) is 4.74. The summed E-state index contributed by atoms with van der Waals surface area (Å²) in [6, 6.07) is 6.33. The summed E-state index contributed by atoms with van der Waals surface area (Å²) < 4.78 is 10.9. The Labute approximate surface area is 108 Å². The lowest BCUT2D eigenvalue weighted by Crippen LogP contribution is -2.40. The van der Waals surface area contributed by atoms with Crippen molar-refractivity contribution in [3.63, 3.8) is 0 Å². The fourth-order valence-corrected chi connectivity index (χ4v) is 2.10. The van der Waals surface area contributed by atoms with Crippen LogP contribution in [0.4, 0.5) is 11.4 Å². The normalized spacial score (nSPS) is 22.3. The Hall–Kier alpha value is -1.42. The van der Waals surface area contributed by atoms with Crippen molar-refractivity contribution < 1.29 is 9.47 Å². The zero-order chi connectivity index (χ0) is 13.0. The van der Waals surface area contributed by atoms with Crippen molar-refractivity contribution in [1.29, 1.82) is 0 Å². The summed E-state index contributed by atoms with van der Waals surface area (Å²) in [5.41, 5.74) is 7.76. The highest BCUT2D eigenvalue weighted by atomic mass is 16.5. The van der Waals surface area contributed by atoms with Gasteiger partial charge in [-0.2, -0.15) is 0 Å². The van der Waals surface area contributed by atoms with E-state index in [-0.39, 0.29) is 0 Å². The molecule has 0 radical (unpaired) electrons. The van der Waals surface area contributed by atoms with Crippen LogP contribution in [0.15, 0.2) is 18.2 Å². The minimum Gasteiger partial charge on any atom is -0.491 e. The first-order chi connectivity index (χ1) is 8.74. The Kier molecular flexibility index (Phi) is 4.31. The highest BCUT2D eigenvalue weighted by molar-refractivity contribution is 5.73. The molecule has 0 amide bonds. The van der Waals surface area contributed by atoms with Gasteiger partial charge in [0.15, 0.2) is 0 Å². The molecule has 100 valence electrons. The van der Waals surface area contributed by atoms with E-state index >= 15 is 0 Å². The fraction of sp³-hybridized carbons (Fsp3) is 0.571. The third kappa shape index (κ3) is 2.88. The van der Waals surface area contributed by atoms with Gasteiger partial charge in [0, 0.05) is 13.2 Å². The van der Waals surface area contributed by atoms with Gasteiger partial charge in [0.05, 0.1) is 24.1 Å². The molecule has 2 rings (SSSR count). The van der Waals surface area contributed by atoms with Crippen molar-refractivity contribution >= 4 is 11.4 Å². The Bertz CT molecular complexity index is 389. The molecule has 0 aromatic heterocycles. The van der Waals surface area contributed by atoms with E-state index in [4.69, 9.17) is 15.2 Å². The summed E-state index contributed by atoms with van der Waals surface area (Å²) in [7, 11) is 1.76. The minimum absolute atomic E-state index is 0.392. The van der Waals surface area contributed by atoms with Crippen LogP contribution >= 0.6 is 0 Å². The second kappa shape index (κ2) is 5.96. The summed E-state index contributed by atoms with van der Waals surface area (Å²) >= 11 is 0. The Morgan fingerprint density at radius 1 is 1.39 bits per heavy atom. The number of benzene rings is 1. The summed E-state index contributed by atoms with van der Waals surface area (Å²) in [4.78, 5) is 0. The minimum atomic E-state index is 0.392. The van der Waals surface area contributed by atoms with Gasteiger partial charge in [0.1, 0.15) is 5.75 Å². The molecule has 1 fully saturated rings. The number of para-hydroxylation sites is 1. The number of anilines is 2. The van der Waals surface area contributed by atoms with E-state index in [0.29, 0.717) is 24.4 Å². The number of rotatable bonds is 6. The van der Waals surface area contributed by atoms with Gasteiger partial charge >= 0.3 is 0 Å². The van der Waals surface area contributed by atoms with E-state index in [1.165, 1.54) is 0 Å². The molecule has 4 heteroatoms. The van der Waals surface area contributed by atoms with Crippen LogP contribution in [-0.4, -0.2) is 25.9 Å². The number of nitrogen functional groups attached to an aromatic ring is 1. The van der Waals surface area contributed by atoms with Crippen LogP contribution in [0.2, 0.25) is 0 Å². The maximum absolute atomic E-state index is 6.10. The molecule has 18 heavy (non-hydrogen) atoms. The van der Waals surface area contributed by atoms with Gasteiger partial charge in [-0.25, -0.2) is 0 Å². The monoisotopic (exact) mass is 250 g/mol. The van der Waals surface area contributed by atoms with Gasteiger partial charge in [-0.05, 0) is 31.4 Å². The first-order valence-corrected chi connectivity index (χ1v) is 6.55. The number of ether oxygens (including phenoxy) is 2. The third-order valence-electron chi connectivity index (χ3n) is 3.32. The zero-order valence-corrected chi connectivity index (χ0v) is 11.1. The van der Waals surface area contributed by atoms with E-state index in [9.17, 15) is 0 Å². The molecule has 4 nitrogen and oxygen atoms in total. The number of methoxy groups -OCH3 is 1. The van der Waals surface area contributed by atoms with Crippen LogP contribution in [0.3, 0.4) is 0 Å². The molecule has 1 aliphatic rings. The first-order valence-electron chi connectivity index (χ1n) is 6.55. The lowest BCUT2D eigenvalue weighted by Gasteiger charge is -2.35. The van der Waals surface area contributed by atoms with E-state index in [1.807, 2.05) is 18.2 Å². The van der Waals surface area contributed by atoms with Gasteiger partial charge < -0.3 is 20.5 Å². The lowest BCUT2D eigenvalue weighted by atomic mass is 9.89. The molecule has 0 atom stereocenters. The number of hydrogen-bond acceptors (Lipinski definition) is 4. The summed E-state index contributed by atoms with van der Waals surface area (Å²) in [6.07, 6.45) is 3.45. The molecule has 1 saturated carbocycles. The number of nitrogens with two attached hydrogens (primary N) is 1. The van der Waals surface area contributed by atoms with Gasteiger partial charge in [-0.1, -0.05) is 13.0 Å². The Balaban J connectivity index is 1.96. The molecular formula is C14H22N2O2. The van der Waals surface area contributed by atoms with E-state index < -0.39 is 0 Å². The smallest absolute Gasteiger partial charge is 0.144 e. The molecule has 0 heterocycles. The lowest BCUT2D eigenvalue weighted by molar-refractivity contribution is 0.0329. The van der Waals surface area contributed by atoms with Crippen LogP contribution in [0.1, 0.15) is 26.2 Å². The Morgan fingerprint density at radius 3 is 2.83 bits per heavy atom. The molecule has 0 unspecified atom stereocenters. The quantitative estimate of drug-likeness (QED) is 0.762. The predicted octanol–water partition coefficient (Wildman–Crippen LogP) is 2.65. The van der Waals surface area contributed by atoms with Crippen LogP contribution in [0.25, 0.3) is 0 Å². The van der Waals surface area contributed by atoms with Gasteiger partial charge in [0.25, 0.3) is 0 Å². The van der Waals surface area contributed by atoms with Gasteiger partial charge in [0.2, 0.25) is 0 Å². The maximum atomic E-state index is 6.10. The van der Waals surface area contributed by atoms with Crippen molar-refractivity contribution in [2.45, 2.75) is 38.3 Å². The molecule has 0 aliphatic heterocycles. The average Bonchev–Trinajstić information content (AvgIpc) is 2.33. The molecule has 1 aliphatic carbocycles. The van der Waals surface area contributed by atoms with Crippen molar-refractivity contribution in [2.24, 2.45) is 0 Å². The molecular weight excluding hydrogens is 228 g/mol. The van der Waals surface area contributed by atoms with E-state index in [0.717, 1.165) is 30.7 Å². The highest BCUT2D eigenvalue weighted by Gasteiger charge is 2.29. The second-order valence-corrected chi connectivity index (χ2v) is 4.74. The van der Waals surface area contributed by atoms with Crippen LogP contribution in [0, 0.1) is 0 Å². The van der Waals surface area contributed by atoms with Crippen molar-refractivity contribution in [3.8, 4) is 5.75 Å². The standard InChI is InChI=1S/C14H22N2O2/c1-3-7-18-13-6-4-5-12(14(13)15)16-10-8-11(9-10)17-2/h4-6,10-11,16H,3,7-9,15H2,1-2H3. The van der Waals surface area contributed by atoms with Crippen molar-refractivity contribution in [3.05, 3.63) is 18.2 Å². The predicted molar refractivity (Wildman–Crippen MR) is 74.1 cm³/mol. The topological polar surface area (TPSA) is 56.5 Å². The van der Waals surface area contributed by atoms with Crippen molar-refractivity contribution in [1.82, 2.24) is 0 Å². The van der Waals surface area contributed by atoms with Crippen molar-refractivity contribution in [2.75, 3.05) is 24.8 Å². The molecule has 1 aromatic carbocycles. The number of hydrogen-bond donors (Lipinski definition) is 2. The highest BCUT2D eigenvalue weighted by Crippen LogP contribution is 2.33. The molecule has 1 aromatic rings. The average molecular weight is 250 g/mol. The Morgan fingerprint density at radius 2 is 2.17 bits per heavy atom. The molecule has 0 spiro atoms. The molecule has 0 bridgehead atoms. The summed E-state index contributed by atoms with van der Waals surface area (Å²) in [5.74, 6) is 0.768. The maximum Gasteiger partial charge on any atom is 0.144 e.